The average Bonchev–Trinajstić information content (AvgIpc) is 3.01. The van der Waals surface area contributed by atoms with Gasteiger partial charge in [-0.25, -0.2) is 4.98 Å². The van der Waals surface area contributed by atoms with Crippen LogP contribution in [-0.4, -0.2) is 24.6 Å². The van der Waals surface area contributed by atoms with E-state index in [1.807, 2.05) is 42.5 Å². The topological polar surface area (TPSA) is 60.5 Å². The van der Waals surface area contributed by atoms with E-state index < -0.39 is 0 Å². The maximum Gasteiger partial charge on any atom is 0.264 e. The number of benzene rings is 2. The number of aryl methyl sites for hydroxylation is 1. The molecule has 0 spiro atoms. The third-order valence-electron chi connectivity index (χ3n) is 3.54. The lowest BCUT2D eigenvalue weighted by Gasteiger charge is -2.06. The normalized spacial score (nSPS) is 10.6. The van der Waals surface area contributed by atoms with Gasteiger partial charge in [0.1, 0.15) is 11.5 Å². The number of rotatable bonds is 6. The van der Waals surface area contributed by atoms with E-state index in [0.29, 0.717) is 10.9 Å². The van der Waals surface area contributed by atoms with Crippen molar-refractivity contribution in [3.8, 4) is 11.5 Å². The highest BCUT2D eigenvalue weighted by Crippen LogP contribution is 2.29. The molecule has 6 heteroatoms. The SMILES string of the molecule is CCc1ccc(OCC(=O)Nc2nc3ccc(OC)cc3s2)cc1. The van der Waals surface area contributed by atoms with Crippen LogP contribution in [0.25, 0.3) is 10.2 Å². The summed E-state index contributed by atoms with van der Waals surface area (Å²) >= 11 is 1.40. The smallest absolute Gasteiger partial charge is 0.264 e. The Kier molecular flexibility index (Phi) is 4.96. The molecule has 0 aliphatic carbocycles. The van der Waals surface area contributed by atoms with E-state index >= 15 is 0 Å². The minimum Gasteiger partial charge on any atom is -0.497 e. The second-order valence-electron chi connectivity index (χ2n) is 5.19. The van der Waals surface area contributed by atoms with Crippen molar-refractivity contribution in [2.24, 2.45) is 0 Å². The van der Waals surface area contributed by atoms with Gasteiger partial charge in [-0.05, 0) is 42.3 Å². The molecule has 24 heavy (non-hydrogen) atoms. The maximum atomic E-state index is 12.0. The molecule has 0 aliphatic rings. The quantitative estimate of drug-likeness (QED) is 0.738. The molecular weight excluding hydrogens is 324 g/mol. The van der Waals surface area contributed by atoms with Gasteiger partial charge in [0.25, 0.3) is 5.91 Å². The zero-order valence-electron chi connectivity index (χ0n) is 13.5. The standard InChI is InChI=1S/C18H18N2O3S/c1-3-12-4-6-13(7-5-12)23-11-17(21)20-18-19-15-9-8-14(22-2)10-16(15)24-18/h4-10H,3,11H2,1-2H3,(H,19,20,21). The van der Waals surface area contributed by atoms with E-state index in [4.69, 9.17) is 9.47 Å². The summed E-state index contributed by atoms with van der Waals surface area (Å²) in [6.45, 7) is 2.04. The second-order valence-corrected chi connectivity index (χ2v) is 6.22. The summed E-state index contributed by atoms with van der Waals surface area (Å²) in [4.78, 5) is 16.4. The molecule has 0 fully saturated rings. The molecule has 0 radical (unpaired) electrons. The Bertz CT molecular complexity index is 843. The first-order valence-electron chi connectivity index (χ1n) is 7.64. The molecule has 0 saturated carbocycles. The summed E-state index contributed by atoms with van der Waals surface area (Å²) in [6.07, 6.45) is 0.975. The number of carbonyl (C=O) groups is 1. The Labute approximate surface area is 144 Å². The monoisotopic (exact) mass is 342 g/mol. The van der Waals surface area contributed by atoms with Gasteiger partial charge in [-0.2, -0.15) is 0 Å². The number of nitrogens with one attached hydrogen (secondary N) is 1. The van der Waals surface area contributed by atoms with Crippen LogP contribution in [0.2, 0.25) is 0 Å². The fourth-order valence-electron chi connectivity index (χ4n) is 2.21. The lowest BCUT2D eigenvalue weighted by atomic mass is 10.2. The first kappa shape index (κ1) is 16.3. The Balaban J connectivity index is 1.59. The molecule has 1 amide bonds. The highest BCUT2D eigenvalue weighted by atomic mass is 32.1. The molecule has 124 valence electrons. The fraction of sp³-hybridized carbons (Fsp3) is 0.222. The molecule has 0 bridgehead atoms. The Morgan fingerprint density at radius 1 is 1.17 bits per heavy atom. The third kappa shape index (κ3) is 3.83. The number of anilines is 1. The summed E-state index contributed by atoms with van der Waals surface area (Å²) in [5.74, 6) is 1.21. The van der Waals surface area contributed by atoms with Crippen molar-refractivity contribution in [1.29, 1.82) is 0 Å². The maximum absolute atomic E-state index is 12.0. The summed E-state index contributed by atoms with van der Waals surface area (Å²) in [5, 5.41) is 3.31. The van der Waals surface area contributed by atoms with E-state index in [-0.39, 0.29) is 12.5 Å². The second kappa shape index (κ2) is 7.31. The van der Waals surface area contributed by atoms with Crippen LogP contribution in [0, 0.1) is 0 Å². The molecule has 1 aromatic heterocycles. The van der Waals surface area contributed by atoms with Crippen LogP contribution < -0.4 is 14.8 Å². The molecule has 5 nitrogen and oxygen atoms in total. The minimum atomic E-state index is -0.236. The first-order valence-corrected chi connectivity index (χ1v) is 8.45. The number of hydrogen-bond acceptors (Lipinski definition) is 5. The van der Waals surface area contributed by atoms with E-state index in [9.17, 15) is 4.79 Å². The number of ether oxygens (including phenoxy) is 2. The summed E-state index contributed by atoms with van der Waals surface area (Å²) < 4.78 is 11.6. The van der Waals surface area contributed by atoms with Crippen LogP contribution in [0.15, 0.2) is 42.5 Å². The van der Waals surface area contributed by atoms with Crippen molar-refractivity contribution in [2.45, 2.75) is 13.3 Å². The first-order chi connectivity index (χ1) is 11.7. The molecule has 2 aromatic carbocycles. The van der Waals surface area contributed by atoms with E-state index in [1.54, 1.807) is 7.11 Å². The minimum absolute atomic E-state index is 0.0509. The largest absolute Gasteiger partial charge is 0.497 e. The van der Waals surface area contributed by atoms with Gasteiger partial charge < -0.3 is 9.47 Å². The van der Waals surface area contributed by atoms with Crippen LogP contribution in [0.5, 0.6) is 11.5 Å². The molecule has 1 N–H and O–H groups in total. The van der Waals surface area contributed by atoms with Crippen LogP contribution in [0.3, 0.4) is 0 Å². The summed E-state index contributed by atoms with van der Waals surface area (Å²) in [7, 11) is 1.62. The van der Waals surface area contributed by atoms with E-state index in [2.05, 4.69) is 17.2 Å². The Morgan fingerprint density at radius 3 is 2.62 bits per heavy atom. The lowest BCUT2D eigenvalue weighted by molar-refractivity contribution is -0.118. The number of thiazole rings is 1. The van der Waals surface area contributed by atoms with E-state index in [0.717, 1.165) is 22.4 Å². The highest BCUT2D eigenvalue weighted by Gasteiger charge is 2.09. The molecule has 0 atom stereocenters. The van der Waals surface area contributed by atoms with Crippen LogP contribution >= 0.6 is 11.3 Å². The van der Waals surface area contributed by atoms with Gasteiger partial charge in [-0.15, -0.1) is 0 Å². The number of amides is 1. The predicted molar refractivity (Wildman–Crippen MR) is 96.1 cm³/mol. The molecule has 0 aliphatic heterocycles. The molecule has 1 heterocycles. The van der Waals surface area contributed by atoms with Crippen molar-refractivity contribution in [1.82, 2.24) is 4.98 Å². The van der Waals surface area contributed by atoms with Gasteiger partial charge in [0.05, 0.1) is 17.3 Å². The van der Waals surface area contributed by atoms with Crippen LogP contribution in [0.1, 0.15) is 12.5 Å². The van der Waals surface area contributed by atoms with Crippen molar-refractivity contribution in [3.05, 3.63) is 48.0 Å². The molecule has 0 unspecified atom stereocenters. The van der Waals surface area contributed by atoms with Gasteiger partial charge in [-0.1, -0.05) is 30.4 Å². The van der Waals surface area contributed by atoms with E-state index in [1.165, 1.54) is 16.9 Å². The average molecular weight is 342 g/mol. The van der Waals surface area contributed by atoms with Crippen molar-refractivity contribution < 1.29 is 14.3 Å². The molecule has 3 rings (SSSR count). The predicted octanol–water partition coefficient (Wildman–Crippen LogP) is 3.88. The summed E-state index contributed by atoms with van der Waals surface area (Å²) in [6, 6.07) is 13.3. The number of hydrogen-bond donors (Lipinski definition) is 1. The molecule has 3 aromatic rings. The summed E-state index contributed by atoms with van der Waals surface area (Å²) in [5.41, 5.74) is 2.06. The number of methoxy groups -OCH3 is 1. The van der Waals surface area contributed by atoms with Crippen molar-refractivity contribution in [2.75, 3.05) is 19.0 Å². The van der Waals surface area contributed by atoms with Gasteiger partial charge in [0.15, 0.2) is 11.7 Å². The number of carbonyl (C=O) groups excluding carboxylic acids is 1. The van der Waals surface area contributed by atoms with Crippen molar-refractivity contribution >= 4 is 32.6 Å². The third-order valence-corrected chi connectivity index (χ3v) is 4.48. The Hall–Kier alpha value is -2.60. The fourth-order valence-corrected chi connectivity index (χ4v) is 3.12. The number of fused-ring (bicyclic) bond motifs is 1. The van der Waals surface area contributed by atoms with Gasteiger partial charge in [-0.3, -0.25) is 10.1 Å². The highest BCUT2D eigenvalue weighted by molar-refractivity contribution is 7.22. The number of aromatic nitrogens is 1. The van der Waals surface area contributed by atoms with Crippen LogP contribution in [-0.2, 0) is 11.2 Å². The zero-order valence-corrected chi connectivity index (χ0v) is 14.4. The van der Waals surface area contributed by atoms with Crippen LogP contribution in [0.4, 0.5) is 5.13 Å². The lowest BCUT2D eigenvalue weighted by Crippen LogP contribution is -2.19. The van der Waals surface area contributed by atoms with Gasteiger partial charge in [0, 0.05) is 0 Å². The van der Waals surface area contributed by atoms with Gasteiger partial charge in [0.2, 0.25) is 0 Å². The number of nitrogens with zero attached hydrogens (tertiary/aromatic N) is 1. The zero-order chi connectivity index (χ0) is 16.9. The Morgan fingerprint density at radius 2 is 1.92 bits per heavy atom. The molecular formula is C18H18N2O3S. The molecule has 0 saturated heterocycles. The van der Waals surface area contributed by atoms with Crippen molar-refractivity contribution in [3.63, 3.8) is 0 Å². The van der Waals surface area contributed by atoms with Gasteiger partial charge >= 0.3 is 0 Å².